The Morgan fingerprint density at radius 1 is 1.35 bits per heavy atom. The largest absolute Gasteiger partial charge is 0.490 e. The van der Waals surface area contributed by atoms with Crippen molar-refractivity contribution in [1.82, 2.24) is 4.90 Å². The fraction of sp³-hybridized carbons (Fsp3) is 0.238. The summed E-state index contributed by atoms with van der Waals surface area (Å²) >= 11 is 0. The van der Waals surface area contributed by atoms with Crippen LogP contribution in [0.15, 0.2) is 61.2 Å². The molecule has 0 radical (unpaired) electrons. The summed E-state index contributed by atoms with van der Waals surface area (Å²) in [7, 11) is 1.90. The van der Waals surface area contributed by atoms with Gasteiger partial charge in [-0.25, -0.2) is 0 Å². The van der Waals surface area contributed by atoms with Gasteiger partial charge in [0.25, 0.3) is 0 Å². The number of likely N-dealkylation sites (N-methyl/N-ethyl adjacent to an activating group) is 1. The predicted molar refractivity (Wildman–Crippen MR) is 103 cm³/mol. The molecule has 0 aromatic heterocycles. The van der Waals surface area contributed by atoms with Gasteiger partial charge in [0.15, 0.2) is 0 Å². The molecule has 1 N–H and O–H groups in total. The van der Waals surface area contributed by atoms with Crippen LogP contribution >= 0.6 is 0 Å². The summed E-state index contributed by atoms with van der Waals surface area (Å²) in [5.41, 5.74) is 2.23. The summed E-state index contributed by atoms with van der Waals surface area (Å²) in [6, 6.07) is 16.4. The van der Waals surface area contributed by atoms with Crippen LogP contribution in [0, 0.1) is 11.3 Å². The van der Waals surface area contributed by atoms with Crippen LogP contribution in [0.3, 0.4) is 0 Å². The van der Waals surface area contributed by atoms with E-state index in [-0.39, 0.29) is 11.9 Å². The van der Waals surface area contributed by atoms with Crippen molar-refractivity contribution in [3.8, 4) is 11.8 Å². The van der Waals surface area contributed by atoms with Gasteiger partial charge < -0.3 is 10.1 Å². The summed E-state index contributed by atoms with van der Waals surface area (Å²) in [5, 5.41) is 11.8. The zero-order valence-electron chi connectivity index (χ0n) is 15.1. The second-order valence-corrected chi connectivity index (χ2v) is 6.02. The van der Waals surface area contributed by atoms with Gasteiger partial charge in [-0.1, -0.05) is 30.9 Å². The maximum atomic E-state index is 12.5. The number of anilines is 1. The van der Waals surface area contributed by atoms with E-state index < -0.39 is 0 Å². The van der Waals surface area contributed by atoms with E-state index in [4.69, 9.17) is 10.00 Å². The van der Waals surface area contributed by atoms with Gasteiger partial charge >= 0.3 is 0 Å². The van der Waals surface area contributed by atoms with Crippen LogP contribution in [0.4, 0.5) is 5.69 Å². The minimum absolute atomic E-state index is 0.117. The van der Waals surface area contributed by atoms with Crippen molar-refractivity contribution in [3.05, 3.63) is 72.3 Å². The second-order valence-electron chi connectivity index (χ2n) is 6.02. The Labute approximate surface area is 154 Å². The van der Waals surface area contributed by atoms with Gasteiger partial charge in [0, 0.05) is 12.2 Å². The van der Waals surface area contributed by atoms with E-state index in [0.717, 1.165) is 11.3 Å². The van der Waals surface area contributed by atoms with Gasteiger partial charge in [0.2, 0.25) is 5.91 Å². The van der Waals surface area contributed by atoms with Crippen LogP contribution in [-0.2, 0) is 11.3 Å². The maximum Gasteiger partial charge on any atom is 0.241 e. The molecule has 134 valence electrons. The number of carbonyl (C=O) groups excluding carboxylic acids is 1. The molecular weight excluding hydrogens is 326 g/mol. The average molecular weight is 349 g/mol. The molecule has 0 aliphatic carbocycles. The molecule has 2 aromatic carbocycles. The van der Waals surface area contributed by atoms with E-state index in [0.29, 0.717) is 24.4 Å². The minimum atomic E-state index is -0.322. The Kier molecular flexibility index (Phi) is 6.95. The van der Waals surface area contributed by atoms with Crippen molar-refractivity contribution in [2.45, 2.75) is 19.5 Å². The number of amides is 1. The van der Waals surface area contributed by atoms with Crippen LogP contribution in [0.25, 0.3) is 0 Å². The highest BCUT2D eigenvalue weighted by atomic mass is 16.5. The Hall–Kier alpha value is -3.10. The zero-order valence-corrected chi connectivity index (χ0v) is 15.1. The summed E-state index contributed by atoms with van der Waals surface area (Å²) in [6.45, 7) is 6.58. The molecule has 0 bridgehead atoms. The van der Waals surface area contributed by atoms with Crippen molar-refractivity contribution in [2.75, 3.05) is 19.0 Å². The summed E-state index contributed by atoms with van der Waals surface area (Å²) in [4.78, 5) is 14.4. The Morgan fingerprint density at radius 3 is 2.73 bits per heavy atom. The van der Waals surface area contributed by atoms with Gasteiger partial charge in [-0.15, -0.1) is 0 Å². The van der Waals surface area contributed by atoms with E-state index in [1.165, 1.54) is 0 Å². The van der Waals surface area contributed by atoms with Crippen molar-refractivity contribution < 1.29 is 9.53 Å². The zero-order chi connectivity index (χ0) is 18.9. The molecule has 0 fully saturated rings. The molecule has 0 aliphatic rings. The third kappa shape index (κ3) is 5.47. The molecule has 1 amide bonds. The first-order valence-corrected chi connectivity index (χ1v) is 8.37. The highest BCUT2D eigenvalue weighted by Gasteiger charge is 2.18. The monoisotopic (exact) mass is 349 g/mol. The molecule has 26 heavy (non-hydrogen) atoms. The van der Waals surface area contributed by atoms with Gasteiger partial charge in [0.1, 0.15) is 12.4 Å². The number of nitrogens with one attached hydrogen (secondary N) is 1. The lowest BCUT2D eigenvalue weighted by molar-refractivity contribution is -0.120. The fourth-order valence-corrected chi connectivity index (χ4v) is 2.38. The molecular formula is C21H23N3O2. The molecule has 5 nitrogen and oxygen atoms in total. The quantitative estimate of drug-likeness (QED) is 0.740. The Balaban J connectivity index is 1.93. The number of benzene rings is 2. The first-order chi connectivity index (χ1) is 12.5. The van der Waals surface area contributed by atoms with Gasteiger partial charge in [-0.3, -0.25) is 9.69 Å². The number of nitrogens with zero attached hydrogens (tertiary/aromatic N) is 2. The molecule has 2 rings (SSSR count). The molecule has 0 aliphatic heterocycles. The van der Waals surface area contributed by atoms with Crippen molar-refractivity contribution in [2.24, 2.45) is 0 Å². The standard InChI is InChI=1S/C21H23N3O2/c1-4-12-26-20-10-8-17(9-11-20)15-24(3)16(2)21(25)23-19-7-5-6-18(13-19)14-22/h4-11,13,16H,1,12,15H2,2-3H3,(H,23,25). The highest BCUT2D eigenvalue weighted by Crippen LogP contribution is 2.15. The van der Waals surface area contributed by atoms with E-state index in [9.17, 15) is 4.79 Å². The van der Waals surface area contributed by atoms with E-state index in [2.05, 4.69) is 18.0 Å². The summed E-state index contributed by atoms with van der Waals surface area (Å²) in [5.74, 6) is 0.674. The lowest BCUT2D eigenvalue weighted by Crippen LogP contribution is -2.39. The molecule has 2 aromatic rings. The van der Waals surface area contributed by atoms with Crippen LogP contribution in [0.2, 0.25) is 0 Å². The van der Waals surface area contributed by atoms with Crippen molar-refractivity contribution >= 4 is 11.6 Å². The van der Waals surface area contributed by atoms with E-state index >= 15 is 0 Å². The van der Waals surface area contributed by atoms with Crippen molar-refractivity contribution in [3.63, 3.8) is 0 Å². The molecule has 0 spiro atoms. The van der Waals surface area contributed by atoms with Crippen LogP contribution in [-0.4, -0.2) is 30.5 Å². The van der Waals surface area contributed by atoms with Crippen LogP contribution in [0.1, 0.15) is 18.1 Å². The fourth-order valence-electron chi connectivity index (χ4n) is 2.38. The lowest BCUT2D eigenvalue weighted by atomic mass is 10.1. The van der Waals surface area contributed by atoms with Gasteiger partial charge in [-0.2, -0.15) is 5.26 Å². The van der Waals surface area contributed by atoms with E-state index in [1.54, 1.807) is 30.3 Å². The number of hydrogen-bond donors (Lipinski definition) is 1. The molecule has 0 saturated carbocycles. The lowest BCUT2D eigenvalue weighted by Gasteiger charge is -2.24. The summed E-state index contributed by atoms with van der Waals surface area (Å²) < 4.78 is 5.47. The third-order valence-corrected chi connectivity index (χ3v) is 4.02. The Bertz CT molecular complexity index is 794. The predicted octanol–water partition coefficient (Wildman–Crippen LogP) is 3.58. The van der Waals surface area contributed by atoms with Crippen molar-refractivity contribution in [1.29, 1.82) is 5.26 Å². The van der Waals surface area contributed by atoms with Gasteiger partial charge in [0.05, 0.1) is 17.7 Å². The van der Waals surface area contributed by atoms with E-state index in [1.807, 2.05) is 43.1 Å². The van der Waals surface area contributed by atoms with Crippen LogP contribution in [0.5, 0.6) is 5.75 Å². The maximum absolute atomic E-state index is 12.5. The third-order valence-electron chi connectivity index (χ3n) is 4.02. The highest BCUT2D eigenvalue weighted by molar-refractivity contribution is 5.94. The first-order valence-electron chi connectivity index (χ1n) is 8.37. The topological polar surface area (TPSA) is 65.4 Å². The molecule has 0 saturated heterocycles. The number of ether oxygens (including phenoxy) is 1. The Morgan fingerprint density at radius 2 is 2.08 bits per heavy atom. The molecule has 5 heteroatoms. The number of hydrogen-bond acceptors (Lipinski definition) is 4. The molecule has 0 heterocycles. The second kappa shape index (κ2) is 9.40. The first kappa shape index (κ1) is 19.2. The normalized spacial score (nSPS) is 11.5. The number of nitriles is 1. The average Bonchev–Trinajstić information content (AvgIpc) is 2.66. The summed E-state index contributed by atoms with van der Waals surface area (Å²) in [6.07, 6.45) is 1.70. The van der Waals surface area contributed by atoms with Crippen LogP contribution < -0.4 is 10.1 Å². The number of rotatable bonds is 8. The molecule has 1 atom stereocenters. The molecule has 1 unspecified atom stereocenters. The SMILES string of the molecule is C=CCOc1ccc(CN(C)C(C)C(=O)Nc2cccc(C#N)c2)cc1. The van der Waals surface area contributed by atoms with Gasteiger partial charge in [-0.05, 0) is 49.9 Å². The minimum Gasteiger partial charge on any atom is -0.490 e. The number of carbonyl (C=O) groups is 1. The smallest absolute Gasteiger partial charge is 0.241 e.